The second kappa shape index (κ2) is 54.9. The van der Waals surface area contributed by atoms with Crippen LogP contribution in [-0.4, -0.2) is 34.9 Å². The average molecular weight is 896 g/mol. The number of aliphatic hydroxyl groups is 2. The summed E-state index contributed by atoms with van der Waals surface area (Å²) in [6.07, 6.45) is 85.9. The van der Waals surface area contributed by atoms with Crippen LogP contribution in [0.15, 0.2) is 134 Å². The second-order valence-corrected chi connectivity index (χ2v) is 17.6. The molecule has 2 atom stereocenters. The Hall–Kier alpha value is -3.47. The monoisotopic (exact) mass is 896 g/mol. The molecule has 0 spiro atoms. The Kier molecular flexibility index (Phi) is 51.9. The molecular formula is C61H101NO3. The first-order valence-corrected chi connectivity index (χ1v) is 26.9. The van der Waals surface area contributed by atoms with Crippen molar-refractivity contribution in [2.45, 2.75) is 238 Å². The fourth-order valence-electron chi connectivity index (χ4n) is 7.30. The molecule has 0 aromatic carbocycles. The molecule has 0 aliphatic rings. The first-order chi connectivity index (χ1) is 32.2. The second-order valence-electron chi connectivity index (χ2n) is 17.6. The summed E-state index contributed by atoms with van der Waals surface area (Å²) in [6.45, 7) is 4.17. The lowest BCUT2D eigenvalue weighted by Gasteiger charge is -2.19. The minimum Gasteiger partial charge on any atom is -0.394 e. The van der Waals surface area contributed by atoms with Crippen LogP contribution in [0.3, 0.4) is 0 Å². The maximum atomic E-state index is 12.4. The van der Waals surface area contributed by atoms with Gasteiger partial charge in [-0.25, -0.2) is 0 Å². The number of rotatable bonds is 47. The van der Waals surface area contributed by atoms with Gasteiger partial charge >= 0.3 is 0 Å². The molecule has 2 unspecified atom stereocenters. The first kappa shape index (κ1) is 61.5. The van der Waals surface area contributed by atoms with Gasteiger partial charge in [0, 0.05) is 6.42 Å². The van der Waals surface area contributed by atoms with Crippen molar-refractivity contribution in [1.29, 1.82) is 0 Å². The van der Waals surface area contributed by atoms with Crippen molar-refractivity contribution in [2.75, 3.05) is 6.61 Å². The lowest BCUT2D eigenvalue weighted by Crippen LogP contribution is -2.45. The SMILES string of the molecule is CC/C=C\C/C=C\C/C=C\C/C=C\C/C=C\C/C=C\C/C=C\C/C=C\C/C=C\CCCCCC(=O)NC(CO)C(O)/C=C/CC/C=C/CCCCCCCCCCCCCCCCCC. The minimum atomic E-state index is -0.887. The van der Waals surface area contributed by atoms with Gasteiger partial charge in [0.2, 0.25) is 5.91 Å². The molecule has 3 N–H and O–H groups in total. The van der Waals surface area contributed by atoms with E-state index in [4.69, 9.17) is 0 Å². The van der Waals surface area contributed by atoms with E-state index >= 15 is 0 Å². The van der Waals surface area contributed by atoms with E-state index in [2.05, 4.69) is 141 Å². The first-order valence-electron chi connectivity index (χ1n) is 26.9. The normalized spacial score (nSPS) is 14.0. The molecule has 0 rings (SSSR count). The van der Waals surface area contributed by atoms with Crippen LogP contribution in [0.25, 0.3) is 0 Å². The number of allylic oxidation sites excluding steroid dienone is 21. The van der Waals surface area contributed by atoms with Crippen molar-refractivity contribution in [3.63, 3.8) is 0 Å². The topological polar surface area (TPSA) is 69.6 Å². The predicted octanol–water partition coefficient (Wildman–Crippen LogP) is 17.9. The summed E-state index contributed by atoms with van der Waals surface area (Å²) < 4.78 is 0. The number of aliphatic hydroxyl groups excluding tert-OH is 2. The van der Waals surface area contributed by atoms with Crippen LogP contribution in [0.2, 0.25) is 0 Å². The van der Waals surface area contributed by atoms with Crippen molar-refractivity contribution >= 4 is 5.91 Å². The maximum absolute atomic E-state index is 12.4. The molecule has 4 nitrogen and oxygen atoms in total. The van der Waals surface area contributed by atoms with Crippen LogP contribution in [-0.2, 0) is 4.79 Å². The number of hydrogen-bond donors (Lipinski definition) is 3. The Morgan fingerprint density at radius 1 is 0.385 bits per heavy atom. The zero-order chi connectivity index (χ0) is 47.0. The van der Waals surface area contributed by atoms with Gasteiger partial charge in [-0.2, -0.15) is 0 Å². The van der Waals surface area contributed by atoms with Gasteiger partial charge in [-0.05, 0) is 103 Å². The summed E-state index contributed by atoms with van der Waals surface area (Å²) in [5.74, 6) is -0.111. The van der Waals surface area contributed by atoms with Gasteiger partial charge in [0.15, 0.2) is 0 Å². The highest BCUT2D eigenvalue weighted by Gasteiger charge is 2.17. The molecule has 0 saturated heterocycles. The van der Waals surface area contributed by atoms with Gasteiger partial charge in [-0.15, -0.1) is 0 Å². The van der Waals surface area contributed by atoms with Gasteiger partial charge in [-0.3, -0.25) is 4.79 Å². The molecule has 0 aromatic heterocycles. The summed E-state index contributed by atoms with van der Waals surface area (Å²) in [5, 5.41) is 23.1. The Morgan fingerprint density at radius 3 is 1.08 bits per heavy atom. The lowest BCUT2D eigenvalue weighted by molar-refractivity contribution is -0.123. The highest BCUT2D eigenvalue weighted by atomic mass is 16.3. The zero-order valence-electron chi connectivity index (χ0n) is 42.2. The average Bonchev–Trinajstić information content (AvgIpc) is 3.31. The Balaban J connectivity index is 3.73. The Labute approximate surface area is 402 Å². The number of carbonyl (C=O) groups is 1. The standard InChI is InChI=1S/C61H101NO3/c1-3-5-7-9-11-13-15-17-19-21-23-25-27-28-29-30-31-32-33-34-35-37-39-41-43-45-47-49-51-53-55-57-61(65)62-59(58-63)60(64)56-54-52-50-48-46-44-42-40-38-36-26-24-22-20-18-16-14-12-10-8-6-4-2/h5,7,11,13,17,19,23,25,28-29,31-32,34-35,39,41,45-48,54,56,59-60,63-64H,3-4,6,8-10,12,14-16,18,20-22,24,26-27,30,33,36-38,40,42-44,49-53,55,57-58H2,1-2H3,(H,62,65)/b7-5-,13-11-,19-17-,25-23-,29-28-,32-31-,35-34-,41-39-,47-45-,48-46+,56-54+. The lowest BCUT2D eigenvalue weighted by atomic mass is 10.0. The van der Waals surface area contributed by atoms with E-state index in [-0.39, 0.29) is 12.5 Å². The maximum Gasteiger partial charge on any atom is 0.220 e. The Morgan fingerprint density at radius 2 is 0.692 bits per heavy atom. The smallest absolute Gasteiger partial charge is 0.220 e. The van der Waals surface area contributed by atoms with E-state index < -0.39 is 12.1 Å². The molecule has 1 amide bonds. The fraction of sp³-hybridized carbons (Fsp3) is 0.623. The highest BCUT2D eigenvalue weighted by molar-refractivity contribution is 5.76. The van der Waals surface area contributed by atoms with Gasteiger partial charge < -0.3 is 15.5 Å². The van der Waals surface area contributed by atoms with Gasteiger partial charge in [0.25, 0.3) is 0 Å². The molecule has 0 saturated carbocycles. The molecule has 0 aliphatic carbocycles. The van der Waals surface area contributed by atoms with Crippen molar-refractivity contribution in [1.82, 2.24) is 5.32 Å². The largest absolute Gasteiger partial charge is 0.394 e. The minimum absolute atomic E-state index is 0.111. The van der Waals surface area contributed by atoms with E-state index in [9.17, 15) is 15.0 Å². The third-order valence-corrected chi connectivity index (χ3v) is 11.4. The van der Waals surface area contributed by atoms with E-state index in [1.54, 1.807) is 6.08 Å². The summed E-state index contributed by atoms with van der Waals surface area (Å²) in [6, 6.07) is -0.668. The summed E-state index contributed by atoms with van der Waals surface area (Å²) in [4.78, 5) is 12.4. The van der Waals surface area contributed by atoms with Crippen molar-refractivity contribution in [3.05, 3.63) is 134 Å². The molecule has 0 radical (unpaired) electrons. The predicted molar refractivity (Wildman–Crippen MR) is 289 cm³/mol. The zero-order valence-corrected chi connectivity index (χ0v) is 42.2. The van der Waals surface area contributed by atoms with E-state index in [0.717, 1.165) is 103 Å². The third kappa shape index (κ3) is 51.4. The van der Waals surface area contributed by atoms with Crippen LogP contribution in [0.4, 0.5) is 0 Å². The third-order valence-electron chi connectivity index (χ3n) is 11.4. The van der Waals surface area contributed by atoms with Crippen molar-refractivity contribution in [3.8, 4) is 0 Å². The van der Waals surface area contributed by atoms with Gasteiger partial charge in [-0.1, -0.05) is 250 Å². The van der Waals surface area contributed by atoms with E-state index in [1.165, 1.54) is 103 Å². The number of carbonyl (C=O) groups excluding carboxylic acids is 1. The van der Waals surface area contributed by atoms with E-state index in [0.29, 0.717) is 6.42 Å². The molecule has 0 heterocycles. The molecule has 0 aliphatic heterocycles. The summed E-state index contributed by atoms with van der Waals surface area (Å²) in [5.41, 5.74) is 0. The van der Waals surface area contributed by atoms with Crippen LogP contribution in [0.1, 0.15) is 226 Å². The molecule has 368 valence electrons. The van der Waals surface area contributed by atoms with Crippen molar-refractivity contribution < 1.29 is 15.0 Å². The van der Waals surface area contributed by atoms with Crippen LogP contribution in [0, 0.1) is 0 Å². The molecule has 0 bridgehead atoms. The molecule has 0 aromatic rings. The number of unbranched alkanes of at least 4 members (excludes halogenated alkanes) is 20. The number of nitrogens with one attached hydrogen (secondary N) is 1. The molecule has 4 heteroatoms. The van der Waals surface area contributed by atoms with Gasteiger partial charge in [0.1, 0.15) is 0 Å². The van der Waals surface area contributed by atoms with Crippen LogP contribution >= 0.6 is 0 Å². The number of amides is 1. The summed E-state index contributed by atoms with van der Waals surface area (Å²) in [7, 11) is 0. The molecule has 0 fully saturated rings. The summed E-state index contributed by atoms with van der Waals surface area (Å²) >= 11 is 0. The van der Waals surface area contributed by atoms with Crippen LogP contribution < -0.4 is 5.32 Å². The van der Waals surface area contributed by atoms with E-state index in [1.807, 2.05) is 6.08 Å². The molecule has 65 heavy (non-hydrogen) atoms. The van der Waals surface area contributed by atoms with Crippen molar-refractivity contribution in [2.24, 2.45) is 0 Å². The number of hydrogen-bond acceptors (Lipinski definition) is 3. The Bertz CT molecular complexity index is 1340. The molecular weight excluding hydrogens is 795 g/mol. The van der Waals surface area contributed by atoms with Crippen LogP contribution in [0.5, 0.6) is 0 Å². The fourth-order valence-corrected chi connectivity index (χ4v) is 7.30. The highest BCUT2D eigenvalue weighted by Crippen LogP contribution is 2.14. The van der Waals surface area contributed by atoms with Gasteiger partial charge in [0.05, 0.1) is 18.8 Å². The quantitative estimate of drug-likeness (QED) is 0.0421.